The number of anilines is 1. The zero-order valence-electron chi connectivity index (χ0n) is 14.5. The van der Waals surface area contributed by atoms with Crippen molar-refractivity contribution >= 4 is 11.7 Å². The lowest BCUT2D eigenvalue weighted by Gasteiger charge is -2.32. The number of carbonyl (C=O) groups is 1. The molecule has 1 aliphatic rings. The second-order valence-electron chi connectivity index (χ2n) is 5.69. The summed E-state index contributed by atoms with van der Waals surface area (Å²) in [5, 5.41) is 16.1. The summed E-state index contributed by atoms with van der Waals surface area (Å²) < 4.78 is 12.4. The monoisotopic (exact) mass is 356 g/mol. The van der Waals surface area contributed by atoms with Crippen LogP contribution in [-0.4, -0.2) is 64.7 Å². The van der Waals surface area contributed by atoms with Crippen molar-refractivity contribution in [3.8, 4) is 11.9 Å². The highest BCUT2D eigenvalue weighted by molar-refractivity contribution is 5.89. The molecule has 1 atom stereocenters. The molecular weight excluding hydrogens is 336 g/mol. The van der Waals surface area contributed by atoms with E-state index < -0.39 is 0 Å². The van der Waals surface area contributed by atoms with Crippen molar-refractivity contribution < 1.29 is 14.3 Å². The topological polar surface area (TPSA) is 105 Å². The van der Waals surface area contributed by atoms with Crippen molar-refractivity contribution in [1.29, 1.82) is 5.26 Å². The Morgan fingerprint density at radius 1 is 1.58 bits per heavy atom. The second-order valence-corrected chi connectivity index (χ2v) is 5.69. The highest BCUT2D eigenvalue weighted by Gasteiger charge is 2.24. The number of nitriles is 1. The molecule has 26 heavy (non-hydrogen) atoms. The molecule has 3 rings (SSSR count). The van der Waals surface area contributed by atoms with E-state index in [1.54, 1.807) is 29.4 Å². The van der Waals surface area contributed by atoms with E-state index in [1.165, 1.54) is 10.9 Å². The molecule has 2 aromatic rings. The van der Waals surface area contributed by atoms with Crippen LogP contribution in [0.1, 0.15) is 12.5 Å². The molecule has 1 saturated heterocycles. The van der Waals surface area contributed by atoms with Gasteiger partial charge in [0.25, 0.3) is 0 Å². The largest absolute Gasteiger partial charge is 0.379 e. The number of pyridine rings is 1. The first-order chi connectivity index (χ1) is 12.7. The van der Waals surface area contributed by atoms with Crippen LogP contribution in [0.5, 0.6) is 0 Å². The maximum Gasteiger partial charge on any atom is 0.322 e. The maximum absolute atomic E-state index is 12.5. The van der Waals surface area contributed by atoms with Gasteiger partial charge >= 0.3 is 6.03 Å². The van der Waals surface area contributed by atoms with Crippen molar-refractivity contribution in [2.24, 2.45) is 0 Å². The Morgan fingerprint density at radius 3 is 3.27 bits per heavy atom. The Kier molecular flexibility index (Phi) is 5.78. The van der Waals surface area contributed by atoms with Crippen molar-refractivity contribution in [2.75, 3.05) is 38.2 Å². The summed E-state index contributed by atoms with van der Waals surface area (Å²) >= 11 is 0. The molecule has 136 valence electrons. The van der Waals surface area contributed by atoms with Gasteiger partial charge in [-0.25, -0.2) is 14.5 Å². The third-order valence-electron chi connectivity index (χ3n) is 3.89. The van der Waals surface area contributed by atoms with E-state index in [0.29, 0.717) is 50.0 Å². The van der Waals surface area contributed by atoms with Crippen LogP contribution >= 0.6 is 0 Å². The number of nitrogens with zero attached hydrogens (tertiary/aromatic N) is 5. The lowest BCUT2D eigenvalue weighted by Crippen LogP contribution is -2.48. The summed E-state index contributed by atoms with van der Waals surface area (Å²) in [4.78, 5) is 18.3. The van der Waals surface area contributed by atoms with Crippen molar-refractivity contribution in [2.45, 2.75) is 13.0 Å². The zero-order valence-corrected chi connectivity index (χ0v) is 14.5. The molecule has 0 saturated carbocycles. The zero-order chi connectivity index (χ0) is 18.4. The summed E-state index contributed by atoms with van der Waals surface area (Å²) in [6.07, 6.45) is 4.61. The molecule has 0 aliphatic carbocycles. The van der Waals surface area contributed by atoms with Gasteiger partial charge in [-0.3, -0.25) is 0 Å². The van der Waals surface area contributed by atoms with Crippen LogP contribution < -0.4 is 5.32 Å². The summed E-state index contributed by atoms with van der Waals surface area (Å²) in [5.41, 5.74) is 0.929. The molecule has 0 radical (unpaired) electrons. The molecule has 9 nitrogen and oxygen atoms in total. The molecule has 0 bridgehead atoms. The number of carbonyl (C=O) groups excluding carboxylic acids is 1. The Hall–Kier alpha value is -2.96. The number of urea groups is 1. The fourth-order valence-corrected chi connectivity index (χ4v) is 2.63. The molecule has 9 heteroatoms. The lowest BCUT2D eigenvalue weighted by atomic mass is 10.3. The first kappa shape index (κ1) is 17.8. The van der Waals surface area contributed by atoms with Crippen LogP contribution in [0.2, 0.25) is 0 Å². The third kappa shape index (κ3) is 4.17. The Morgan fingerprint density at radius 2 is 2.46 bits per heavy atom. The fourth-order valence-electron chi connectivity index (χ4n) is 2.63. The van der Waals surface area contributed by atoms with Gasteiger partial charge in [-0.1, -0.05) is 0 Å². The molecule has 1 N–H and O–H groups in total. The van der Waals surface area contributed by atoms with Gasteiger partial charge in [0.2, 0.25) is 0 Å². The number of amides is 2. The quantitative estimate of drug-likeness (QED) is 0.868. The van der Waals surface area contributed by atoms with Crippen LogP contribution in [0.4, 0.5) is 10.5 Å². The van der Waals surface area contributed by atoms with Gasteiger partial charge in [0.05, 0.1) is 49.5 Å². The van der Waals surface area contributed by atoms with Crippen molar-refractivity contribution in [1.82, 2.24) is 19.7 Å². The standard InChI is InChI=1S/C17H20N6O3/c1-2-25-12-15-11-22(6-7-26-15)17(24)21-14-9-20-23(10-14)16-13(8-18)4-3-5-19-16/h3-5,9-10,15H,2,6-7,11-12H2,1H3,(H,21,24). The SMILES string of the molecule is CCOCC1CN(C(=O)Nc2cnn(-c3ncccc3C#N)c2)CCO1. The number of hydrogen-bond donors (Lipinski definition) is 1. The minimum Gasteiger partial charge on any atom is -0.379 e. The highest BCUT2D eigenvalue weighted by Crippen LogP contribution is 2.14. The van der Waals surface area contributed by atoms with Gasteiger partial charge < -0.3 is 19.7 Å². The Labute approximate surface area is 151 Å². The number of morpholine rings is 1. The number of hydrogen-bond acceptors (Lipinski definition) is 6. The summed E-state index contributed by atoms with van der Waals surface area (Å²) in [7, 11) is 0. The maximum atomic E-state index is 12.5. The van der Waals surface area contributed by atoms with Gasteiger partial charge in [0, 0.05) is 19.3 Å². The first-order valence-electron chi connectivity index (χ1n) is 8.36. The van der Waals surface area contributed by atoms with E-state index in [-0.39, 0.29) is 12.1 Å². The van der Waals surface area contributed by atoms with Crippen LogP contribution in [-0.2, 0) is 9.47 Å². The van der Waals surface area contributed by atoms with E-state index in [2.05, 4.69) is 21.5 Å². The van der Waals surface area contributed by atoms with Gasteiger partial charge in [-0.2, -0.15) is 10.4 Å². The van der Waals surface area contributed by atoms with Crippen molar-refractivity contribution in [3.63, 3.8) is 0 Å². The summed E-state index contributed by atoms with van der Waals surface area (Å²) in [5.74, 6) is 0.415. The predicted octanol–water partition coefficient (Wildman–Crippen LogP) is 1.41. The predicted molar refractivity (Wildman–Crippen MR) is 92.9 cm³/mol. The van der Waals surface area contributed by atoms with Gasteiger partial charge in [0.1, 0.15) is 6.07 Å². The summed E-state index contributed by atoms with van der Waals surface area (Å²) in [6, 6.07) is 5.19. The van der Waals surface area contributed by atoms with E-state index >= 15 is 0 Å². The molecule has 0 aromatic carbocycles. The molecule has 2 aromatic heterocycles. The molecular formula is C17H20N6O3. The fraction of sp³-hybridized carbons (Fsp3) is 0.412. The highest BCUT2D eigenvalue weighted by atomic mass is 16.5. The number of nitrogens with one attached hydrogen (secondary N) is 1. The van der Waals surface area contributed by atoms with Gasteiger partial charge in [-0.05, 0) is 19.1 Å². The van der Waals surface area contributed by atoms with Crippen molar-refractivity contribution in [3.05, 3.63) is 36.3 Å². The van der Waals surface area contributed by atoms with Crippen LogP contribution in [0.15, 0.2) is 30.7 Å². The average molecular weight is 356 g/mol. The summed E-state index contributed by atoms with van der Waals surface area (Å²) in [6.45, 7) is 4.46. The first-order valence-corrected chi connectivity index (χ1v) is 8.36. The molecule has 2 amide bonds. The third-order valence-corrected chi connectivity index (χ3v) is 3.89. The normalized spacial score (nSPS) is 16.9. The molecule has 0 spiro atoms. The minimum atomic E-state index is -0.226. The molecule has 1 fully saturated rings. The smallest absolute Gasteiger partial charge is 0.322 e. The number of ether oxygens (including phenoxy) is 2. The van der Waals surface area contributed by atoms with E-state index in [4.69, 9.17) is 14.7 Å². The van der Waals surface area contributed by atoms with E-state index in [0.717, 1.165) is 0 Å². The molecule has 1 aliphatic heterocycles. The number of rotatable bonds is 5. The number of aromatic nitrogens is 3. The van der Waals surface area contributed by atoms with Gasteiger partial charge in [0.15, 0.2) is 5.82 Å². The molecule has 1 unspecified atom stereocenters. The lowest BCUT2D eigenvalue weighted by molar-refractivity contribution is -0.0555. The Balaban J connectivity index is 1.64. The minimum absolute atomic E-state index is 0.121. The van der Waals surface area contributed by atoms with Crippen LogP contribution in [0.25, 0.3) is 5.82 Å². The molecule has 3 heterocycles. The second kappa shape index (κ2) is 8.42. The van der Waals surface area contributed by atoms with E-state index in [1.807, 2.05) is 6.92 Å². The van der Waals surface area contributed by atoms with Gasteiger partial charge in [-0.15, -0.1) is 0 Å². The average Bonchev–Trinajstić information content (AvgIpc) is 3.14. The Bertz CT molecular complexity index is 800. The van der Waals surface area contributed by atoms with Crippen LogP contribution in [0, 0.1) is 11.3 Å². The van der Waals surface area contributed by atoms with E-state index in [9.17, 15) is 4.79 Å². The van der Waals surface area contributed by atoms with Crippen LogP contribution in [0.3, 0.4) is 0 Å².